The fraction of sp³-hybridized carbons (Fsp3) is 0.636. The summed E-state index contributed by atoms with van der Waals surface area (Å²) < 4.78 is 74.6. The van der Waals surface area contributed by atoms with Gasteiger partial charge >= 0.3 is 12.3 Å². The van der Waals surface area contributed by atoms with Crippen molar-refractivity contribution in [2.45, 2.75) is 69.1 Å². The highest BCUT2D eigenvalue weighted by molar-refractivity contribution is 7.98. The molecule has 0 bridgehead atoms. The number of rotatable bonds is 6. The molecule has 8 nitrogen and oxygen atoms in total. The summed E-state index contributed by atoms with van der Waals surface area (Å²) in [6, 6.07) is 2.92. The van der Waals surface area contributed by atoms with Gasteiger partial charge in [0.25, 0.3) is 5.92 Å². The smallest absolute Gasteiger partial charge is 0.416 e. The van der Waals surface area contributed by atoms with Gasteiger partial charge < -0.3 is 9.64 Å². The van der Waals surface area contributed by atoms with Crippen molar-refractivity contribution in [2.75, 3.05) is 29.4 Å². The lowest BCUT2D eigenvalue weighted by atomic mass is 10.1. The largest absolute Gasteiger partial charge is 0.443 e. The molecule has 0 aromatic carbocycles. The number of pyridine rings is 1. The van der Waals surface area contributed by atoms with E-state index in [0.29, 0.717) is 27.3 Å². The molecule has 36 heavy (non-hydrogen) atoms. The molecule has 3 heterocycles. The Morgan fingerprint density at radius 1 is 1.17 bits per heavy atom. The van der Waals surface area contributed by atoms with Gasteiger partial charge in [0, 0.05) is 50.5 Å². The molecule has 3 rings (SSSR count). The van der Waals surface area contributed by atoms with Crippen molar-refractivity contribution in [1.82, 2.24) is 19.7 Å². The van der Waals surface area contributed by atoms with Crippen LogP contribution in [0, 0.1) is 6.92 Å². The molecule has 0 spiro atoms. The number of hydrogen-bond acceptors (Lipinski definition) is 7. The quantitative estimate of drug-likeness (QED) is 0.364. The van der Waals surface area contributed by atoms with E-state index in [-0.39, 0.29) is 37.5 Å². The first-order valence-electron chi connectivity index (χ1n) is 11.2. The monoisotopic (exact) mass is 536 g/mol. The van der Waals surface area contributed by atoms with Gasteiger partial charge in [0.1, 0.15) is 23.8 Å². The van der Waals surface area contributed by atoms with Crippen LogP contribution in [0.25, 0.3) is 0 Å². The van der Waals surface area contributed by atoms with Crippen molar-refractivity contribution in [1.29, 1.82) is 0 Å². The van der Waals surface area contributed by atoms with Crippen molar-refractivity contribution in [3.63, 3.8) is 0 Å². The average Bonchev–Trinajstić information content (AvgIpc) is 3.05. The molecule has 2 aromatic rings. The minimum Gasteiger partial charge on any atom is -0.443 e. The summed E-state index contributed by atoms with van der Waals surface area (Å²) >= 11 is 1.21. The zero-order valence-electron chi connectivity index (χ0n) is 20.7. The second-order valence-corrected chi connectivity index (χ2v) is 10.5. The molecule has 0 aliphatic carbocycles. The highest BCUT2D eigenvalue weighted by Gasteiger charge is 2.38. The van der Waals surface area contributed by atoms with E-state index in [4.69, 9.17) is 4.74 Å². The topological polar surface area (TPSA) is 76.4 Å². The summed E-state index contributed by atoms with van der Waals surface area (Å²) in [6.07, 6.45) is -6.71. The molecular weight excluding hydrogens is 507 g/mol. The Morgan fingerprint density at radius 2 is 1.81 bits per heavy atom. The highest BCUT2D eigenvalue weighted by atomic mass is 32.2. The Hall–Kier alpha value is -2.64. The molecule has 1 aliphatic heterocycles. The number of carbonyl (C=O) groups is 1. The van der Waals surface area contributed by atoms with Crippen LogP contribution in [-0.4, -0.2) is 63.2 Å². The Morgan fingerprint density at radius 3 is 2.33 bits per heavy atom. The summed E-state index contributed by atoms with van der Waals surface area (Å²) in [7, 11) is 1.73. The molecule has 0 saturated carbocycles. The van der Waals surface area contributed by atoms with Crippen molar-refractivity contribution in [2.24, 2.45) is 7.05 Å². The number of carbonyl (C=O) groups excluding carboxylic acids is 1. The number of anilines is 2. The first-order valence-corrected chi connectivity index (χ1v) is 12.2. The molecule has 1 amide bonds. The molecule has 1 aliphatic rings. The van der Waals surface area contributed by atoms with Crippen molar-refractivity contribution in [3.05, 3.63) is 23.7 Å². The maximum Gasteiger partial charge on any atom is 0.416 e. The van der Waals surface area contributed by atoms with Crippen molar-refractivity contribution < 1.29 is 31.5 Å². The molecule has 200 valence electrons. The van der Waals surface area contributed by atoms with Crippen molar-refractivity contribution in [3.8, 4) is 0 Å². The summed E-state index contributed by atoms with van der Waals surface area (Å²) in [5, 5.41) is 4.69. The lowest BCUT2D eigenvalue weighted by Crippen LogP contribution is -2.43. The average molecular weight is 537 g/mol. The predicted molar refractivity (Wildman–Crippen MR) is 126 cm³/mol. The van der Waals surface area contributed by atoms with Crippen LogP contribution in [0.4, 0.5) is 38.3 Å². The van der Waals surface area contributed by atoms with Crippen LogP contribution in [0.5, 0.6) is 0 Å². The van der Waals surface area contributed by atoms with Gasteiger partial charge in [-0.1, -0.05) is 11.8 Å². The number of halogens is 5. The Bertz CT molecular complexity index is 1060. The standard InChI is InChI=1S/C22H29F5N6O2S/c1-14-28-18(30-31(14)5)36-12-15-10-16(32-8-6-21(23,24)7-9-32)11-17(29-15)33(13-22(25,26)27)19(34)35-20(2,3)4/h10-11H,6-9,12-13H2,1-5H3. The third-order valence-electron chi connectivity index (χ3n) is 5.25. The minimum atomic E-state index is -4.73. The van der Waals surface area contributed by atoms with Gasteiger partial charge in [0.15, 0.2) is 0 Å². The van der Waals surface area contributed by atoms with Gasteiger partial charge in [0.2, 0.25) is 5.16 Å². The van der Waals surface area contributed by atoms with Crippen LogP contribution in [0.2, 0.25) is 0 Å². The van der Waals surface area contributed by atoms with Crippen LogP contribution in [0.1, 0.15) is 45.1 Å². The normalized spacial score (nSPS) is 16.2. The van der Waals surface area contributed by atoms with E-state index < -0.39 is 30.3 Å². The lowest BCUT2D eigenvalue weighted by molar-refractivity contribution is -0.119. The molecule has 0 unspecified atom stereocenters. The molecule has 1 saturated heterocycles. The van der Waals surface area contributed by atoms with Crippen LogP contribution >= 0.6 is 11.8 Å². The van der Waals surface area contributed by atoms with E-state index in [1.54, 1.807) is 50.4 Å². The molecule has 0 radical (unpaired) electrons. The first kappa shape index (κ1) is 27.9. The molecule has 2 aromatic heterocycles. The van der Waals surface area contributed by atoms with Gasteiger partial charge in [-0.15, -0.1) is 5.10 Å². The van der Waals surface area contributed by atoms with E-state index in [0.717, 1.165) is 0 Å². The third-order valence-corrected chi connectivity index (χ3v) is 6.12. The van der Waals surface area contributed by atoms with Crippen LogP contribution < -0.4 is 9.80 Å². The third kappa shape index (κ3) is 7.93. The summed E-state index contributed by atoms with van der Waals surface area (Å²) in [6.45, 7) is 4.79. The fourth-order valence-electron chi connectivity index (χ4n) is 3.41. The molecular formula is C22H29F5N6O2S. The van der Waals surface area contributed by atoms with Gasteiger partial charge in [-0.3, -0.25) is 9.58 Å². The van der Waals surface area contributed by atoms with Crippen LogP contribution in [0.3, 0.4) is 0 Å². The zero-order chi connectivity index (χ0) is 26.9. The fourth-order valence-corrected chi connectivity index (χ4v) is 4.21. The Labute approximate surface area is 210 Å². The summed E-state index contributed by atoms with van der Waals surface area (Å²) in [5.41, 5.74) is -0.310. The van der Waals surface area contributed by atoms with Gasteiger partial charge in [-0.25, -0.2) is 23.5 Å². The van der Waals surface area contributed by atoms with E-state index in [1.807, 2.05) is 0 Å². The first-order chi connectivity index (χ1) is 16.5. The second-order valence-electron chi connectivity index (χ2n) is 9.55. The number of hydrogen-bond donors (Lipinski definition) is 0. The Kier molecular flexibility index (Phi) is 8.06. The number of ether oxygens (including phenoxy) is 1. The molecule has 1 fully saturated rings. The van der Waals surface area contributed by atoms with Crippen molar-refractivity contribution >= 4 is 29.4 Å². The van der Waals surface area contributed by atoms with Crippen LogP contribution in [0.15, 0.2) is 17.3 Å². The maximum atomic E-state index is 13.7. The zero-order valence-corrected chi connectivity index (χ0v) is 21.5. The summed E-state index contributed by atoms with van der Waals surface area (Å²) in [4.78, 5) is 23.4. The second kappa shape index (κ2) is 10.4. The van der Waals surface area contributed by atoms with E-state index >= 15 is 0 Å². The van der Waals surface area contributed by atoms with Gasteiger partial charge in [-0.05, 0) is 33.8 Å². The highest BCUT2D eigenvalue weighted by Crippen LogP contribution is 2.34. The lowest BCUT2D eigenvalue weighted by Gasteiger charge is -2.34. The number of aromatic nitrogens is 4. The predicted octanol–water partition coefficient (Wildman–Crippen LogP) is 5.35. The number of amides is 1. The van der Waals surface area contributed by atoms with Gasteiger partial charge in [0.05, 0.1) is 5.69 Å². The van der Waals surface area contributed by atoms with E-state index in [9.17, 15) is 26.7 Å². The number of piperidine rings is 1. The van der Waals surface area contributed by atoms with E-state index in [2.05, 4.69) is 15.1 Å². The summed E-state index contributed by atoms with van der Waals surface area (Å²) in [5.74, 6) is -2.22. The Balaban J connectivity index is 1.98. The molecule has 14 heteroatoms. The number of alkyl halides is 5. The van der Waals surface area contributed by atoms with E-state index in [1.165, 1.54) is 17.8 Å². The van der Waals surface area contributed by atoms with Crippen LogP contribution in [-0.2, 0) is 17.5 Å². The SMILES string of the molecule is Cc1nc(SCc2cc(N3CCC(F)(F)CC3)cc(N(CC(F)(F)F)C(=O)OC(C)(C)C)n2)nn1C. The minimum absolute atomic E-state index is 0.00966. The number of thioether (sulfide) groups is 1. The number of aryl methyl sites for hydroxylation is 2. The maximum absolute atomic E-state index is 13.7. The molecule has 0 N–H and O–H groups in total. The van der Waals surface area contributed by atoms with Gasteiger partial charge in [-0.2, -0.15) is 13.2 Å². The number of nitrogens with zero attached hydrogens (tertiary/aromatic N) is 6. The molecule has 0 atom stereocenters.